The summed E-state index contributed by atoms with van der Waals surface area (Å²) in [5.74, 6) is 0.880. The van der Waals surface area contributed by atoms with Gasteiger partial charge in [-0.25, -0.2) is 13.1 Å². The van der Waals surface area contributed by atoms with Crippen LogP contribution >= 0.6 is 0 Å². The second kappa shape index (κ2) is 8.50. The summed E-state index contributed by atoms with van der Waals surface area (Å²) in [6, 6.07) is 8.03. The highest BCUT2D eigenvalue weighted by Crippen LogP contribution is 2.28. The number of aromatic nitrogens is 2. The van der Waals surface area contributed by atoms with Gasteiger partial charge in [0.25, 0.3) is 0 Å². The number of methoxy groups -OCH3 is 1. The zero-order valence-electron chi connectivity index (χ0n) is 17.0. The average Bonchev–Trinajstić information content (AvgIpc) is 2.94. The van der Waals surface area contributed by atoms with Crippen molar-refractivity contribution < 1.29 is 13.2 Å². The maximum absolute atomic E-state index is 12.6. The molecule has 0 bridgehead atoms. The number of benzene rings is 1. The summed E-state index contributed by atoms with van der Waals surface area (Å²) in [6.45, 7) is 8.07. The Hall–Kier alpha value is -2.10. The molecule has 1 saturated heterocycles. The van der Waals surface area contributed by atoms with E-state index in [0.717, 1.165) is 37.6 Å². The van der Waals surface area contributed by atoms with Crippen LogP contribution in [0.25, 0.3) is 0 Å². The van der Waals surface area contributed by atoms with Crippen LogP contribution in [0.2, 0.25) is 0 Å². The van der Waals surface area contributed by atoms with Gasteiger partial charge in [0.1, 0.15) is 10.6 Å². The topological polar surface area (TPSA) is 79.7 Å². The molecule has 0 amide bonds. The van der Waals surface area contributed by atoms with E-state index in [1.54, 1.807) is 32.7 Å². The molecular weight excluding hydrogens is 378 g/mol. The van der Waals surface area contributed by atoms with Gasteiger partial charge in [0, 0.05) is 46.3 Å². The Morgan fingerprint density at radius 1 is 1.14 bits per heavy atom. The van der Waals surface area contributed by atoms with Crippen molar-refractivity contribution in [2.24, 2.45) is 7.05 Å². The molecule has 154 valence electrons. The molecule has 2 aromatic rings. The van der Waals surface area contributed by atoms with Crippen molar-refractivity contribution in [3.63, 3.8) is 0 Å². The number of aryl methyl sites for hydroxylation is 2. The Kier molecular flexibility index (Phi) is 6.26. The summed E-state index contributed by atoms with van der Waals surface area (Å²) in [5.41, 5.74) is 2.28. The Labute approximate surface area is 167 Å². The smallest absolute Gasteiger partial charge is 0.244 e. The van der Waals surface area contributed by atoms with E-state index in [2.05, 4.69) is 25.7 Å². The number of rotatable bonds is 7. The molecule has 0 aliphatic carbocycles. The van der Waals surface area contributed by atoms with E-state index in [1.807, 2.05) is 18.2 Å². The van der Waals surface area contributed by atoms with Crippen LogP contribution < -0.4 is 14.4 Å². The molecule has 9 heteroatoms. The number of anilines is 1. The minimum atomic E-state index is -3.55. The zero-order chi connectivity index (χ0) is 20.3. The molecule has 1 aliphatic rings. The van der Waals surface area contributed by atoms with Crippen molar-refractivity contribution >= 4 is 15.7 Å². The van der Waals surface area contributed by atoms with Crippen molar-refractivity contribution in [3.8, 4) is 5.75 Å². The first-order valence-electron chi connectivity index (χ1n) is 9.43. The number of piperazine rings is 1. The number of nitrogens with zero attached hydrogens (tertiary/aromatic N) is 4. The van der Waals surface area contributed by atoms with E-state index in [1.165, 1.54) is 0 Å². The van der Waals surface area contributed by atoms with E-state index < -0.39 is 10.0 Å². The van der Waals surface area contributed by atoms with E-state index >= 15 is 0 Å². The second-order valence-electron chi connectivity index (χ2n) is 7.02. The van der Waals surface area contributed by atoms with Crippen LogP contribution in [0, 0.1) is 13.8 Å². The Bertz CT molecular complexity index is 918. The van der Waals surface area contributed by atoms with E-state index in [4.69, 9.17) is 4.74 Å². The van der Waals surface area contributed by atoms with Crippen molar-refractivity contribution in [3.05, 3.63) is 35.7 Å². The van der Waals surface area contributed by atoms with Crippen LogP contribution in [0.3, 0.4) is 0 Å². The quantitative estimate of drug-likeness (QED) is 0.742. The van der Waals surface area contributed by atoms with Gasteiger partial charge in [0.05, 0.1) is 24.2 Å². The number of sulfonamides is 1. The molecule has 1 aromatic carbocycles. The molecule has 2 heterocycles. The van der Waals surface area contributed by atoms with Gasteiger partial charge in [0.15, 0.2) is 0 Å². The predicted octanol–water partition coefficient (Wildman–Crippen LogP) is 1.15. The number of hydrogen-bond donors (Lipinski definition) is 1. The third-order valence-electron chi connectivity index (χ3n) is 5.23. The van der Waals surface area contributed by atoms with Crippen LogP contribution in [0.15, 0.2) is 29.2 Å². The first-order chi connectivity index (χ1) is 13.3. The summed E-state index contributed by atoms with van der Waals surface area (Å²) in [6.07, 6.45) is 0. The monoisotopic (exact) mass is 407 g/mol. The van der Waals surface area contributed by atoms with Gasteiger partial charge in [-0.2, -0.15) is 5.10 Å². The van der Waals surface area contributed by atoms with Crippen LogP contribution in [0.1, 0.15) is 11.4 Å². The van der Waals surface area contributed by atoms with Crippen molar-refractivity contribution in [1.82, 2.24) is 19.4 Å². The van der Waals surface area contributed by atoms with Crippen molar-refractivity contribution in [2.75, 3.05) is 51.3 Å². The average molecular weight is 408 g/mol. The lowest BCUT2D eigenvalue weighted by Gasteiger charge is -2.36. The molecule has 1 fully saturated rings. The molecule has 28 heavy (non-hydrogen) atoms. The lowest BCUT2D eigenvalue weighted by atomic mass is 10.2. The summed E-state index contributed by atoms with van der Waals surface area (Å²) in [7, 11) is -0.111. The maximum Gasteiger partial charge on any atom is 0.244 e. The number of hydrogen-bond acceptors (Lipinski definition) is 6. The highest BCUT2D eigenvalue weighted by Gasteiger charge is 2.24. The van der Waals surface area contributed by atoms with Crippen LogP contribution in [-0.2, 0) is 17.1 Å². The summed E-state index contributed by atoms with van der Waals surface area (Å²) >= 11 is 0. The third-order valence-corrected chi connectivity index (χ3v) is 6.94. The zero-order valence-corrected chi connectivity index (χ0v) is 17.8. The molecule has 0 radical (unpaired) electrons. The molecule has 1 N–H and O–H groups in total. The van der Waals surface area contributed by atoms with Crippen molar-refractivity contribution in [1.29, 1.82) is 0 Å². The molecule has 1 aliphatic heterocycles. The maximum atomic E-state index is 12.6. The van der Waals surface area contributed by atoms with Gasteiger partial charge in [-0.15, -0.1) is 0 Å². The Morgan fingerprint density at radius 3 is 2.43 bits per heavy atom. The van der Waals surface area contributed by atoms with Crippen LogP contribution in [0.5, 0.6) is 5.75 Å². The first kappa shape index (κ1) is 20.6. The molecule has 0 spiro atoms. The van der Waals surface area contributed by atoms with E-state index in [-0.39, 0.29) is 4.90 Å². The van der Waals surface area contributed by atoms with Gasteiger partial charge in [-0.3, -0.25) is 9.58 Å². The highest BCUT2D eigenvalue weighted by molar-refractivity contribution is 7.89. The van der Waals surface area contributed by atoms with Gasteiger partial charge in [0.2, 0.25) is 10.0 Å². The fraction of sp³-hybridized carbons (Fsp3) is 0.526. The first-order valence-corrected chi connectivity index (χ1v) is 10.9. The second-order valence-corrected chi connectivity index (χ2v) is 8.73. The number of ether oxygens (including phenoxy) is 1. The summed E-state index contributed by atoms with van der Waals surface area (Å²) < 4.78 is 35.0. The van der Waals surface area contributed by atoms with E-state index in [0.29, 0.717) is 24.5 Å². The van der Waals surface area contributed by atoms with Gasteiger partial charge in [-0.1, -0.05) is 12.1 Å². The minimum absolute atomic E-state index is 0.288. The Morgan fingerprint density at radius 2 is 1.82 bits per heavy atom. The van der Waals surface area contributed by atoms with Gasteiger partial charge < -0.3 is 9.64 Å². The van der Waals surface area contributed by atoms with Crippen molar-refractivity contribution in [2.45, 2.75) is 18.7 Å². The highest BCUT2D eigenvalue weighted by atomic mass is 32.2. The number of nitrogens with one attached hydrogen (secondary N) is 1. The molecule has 0 unspecified atom stereocenters. The van der Waals surface area contributed by atoms with Crippen LogP contribution in [0.4, 0.5) is 5.69 Å². The lowest BCUT2D eigenvalue weighted by Crippen LogP contribution is -2.48. The standard InChI is InChI=1S/C19H29N5O3S/c1-15-19(16(2)22(3)21-15)28(25,26)20-9-10-23-11-13-24(14-12-23)17-7-5-6-8-18(17)27-4/h5-8,20H,9-14H2,1-4H3. The molecule has 0 saturated carbocycles. The summed E-state index contributed by atoms with van der Waals surface area (Å²) in [4.78, 5) is 4.87. The summed E-state index contributed by atoms with van der Waals surface area (Å²) in [5, 5.41) is 4.20. The largest absolute Gasteiger partial charge is 0.495 e. The fourth-order valence-electron chi connectivity index (χ4n) is 3.66. The molecule has 3 rings (SSSR count). The lowest BCUT2D eigenvalue weighted by molar-refractivity contribution is 0.261. The number of para-hydroxylation sites is 2. The molecule has 8 nitrogen and oxygen atoms in total. The normalized spacial score (nSPS) is 15.8. The predicted molar refractivity (Wildman–Crippen MR) is 110 cm³/mol. The van der Waals surface area contributed by atoms with Gasteiger partial charge in [-0.05, 0) is 26.0 Å². The fourth-order valence-corrected chi connectivity index (χ4v) is 5.11. The minimum Gasteiger partial charge on any atom is -0.495 e. The van der Waals surface area contributed by atoms with Crippen LogP contribution in [-0.4, -0.2) is 69.5 Å². The van der Waals surface area contributed by atoms with Gasteiger partial charge >= 0.3 is 0 Å². The third kappa shape index (κ3) is 4.31. The molecule has 1 aromatic heterocycles. The Balaban J connectivity index is 1.52. The SMILES string of the molecule is COc1ccccc1N1CCN(CCNS(=O)(=O)c2c(C)nn(C)c2C)CC1. The molecule has 0 atom stereocenters. The molecular formula is C19H29N5O3S. The van der Waals surface area contributed by atoms with E-state index in [9.17, 15) is 8.42 Å².